The highest BCUT2D eigenvalue weighted by Crippen LogP contribution is 2.22. The molecule has 0 aromatic heterocycles. The van der Waals surface area contributed by atoms with Gasteiger partial charge in [0.2, 0.25) is 15.9 Å². The Morgan fingerprint density at radius 3 is 2.33 bits per heavy atom. The molecule has 1 N–H and O–H groups in total. The van der Waals surface area contributed by atoms with Crippen molar-refractivity contribution < 1.29 is 13.2 Å². The standard InChI is InChI=1S/C15H24N2O3S/c1-5-9-12(2)16-15(18)14(17(3)21(4,19)20)13-10-7-6-8-11-13/h6-8,10-12,14H,5,9H2,1-4H3,(H,16,18)/t12-,14-/m1/s1. The number of carbonyl (C=O) groups excluding carboxylic acids is 1. The van der Waals surface area contributed by atoms with E-state index in [1.54, 1.807) is 24.3 Å². The Morgan fingerprint density at radius 1 is 1.29 bits per heavy atom. The van der Waals surface area contributed by atoms with Gasteiger partial charge >= 0.3 is 0 Å². The average Bonchev–Trinajstić information content (AvgIpc) is 2.39. The fourth-order valence-electron chi connectivity index (χ4n) is 2.18. The highest BCUT2D eigenvalue weighted by atomic mass is 32.2. The van der Waals surface area contributed by atoms with Crippen LogP contribution in [0.25, 0.3) is 0 Å². The van der Waals surface area contributed by atoms with Crippen LogP contribution in [0.15, 0.2) is 30.3 Å². The Balaban J connectivity index is 3.06. The van der Waals surface area contributed by atoms with Crippen molar-refractivity contribution in [2.24, 2.45) is 0 Å². The van der Waals surface area contributed by atoms with Gasteiger partial charge < -0.3 is 5.32 Å². The molecule has 1 rings (SSSR count). The van der Waals surface area contributed by atoms with Gasteiger partial charge in [0.15, 0.2) is 0 Å². The second-order valence-corrected chi connectivity index (χ2v) is 7.33. The van der Waals surface area contributed by atoms with E-state index in [4.69, 9.17) is 0 Å². The molecule has 0 aliphatic heterocycles. The summed E-state index contributed by atoms with van der Waals surface area (Å²) in [7, 11) is -2.04. The summed E-state index contributed by atoms with van der Waals surface area (Å²) in [6.07, 6.45) is 2.92. The molecule has 0 radical (unpaired) electrons. The lowest BCUT2D eigenvalue weighted by Crippen LogP contribution is -2.44. The summed E-state index contributed by atoms with van der Waals surface area (Å²) in [5, 5.41) is 2.89. The van der Waals surface area contributed by atoms with Gasteiger partial charge in [0.25, 0.3) is 0 Å². The molecule has 0 spiro atoms. The van der Waals surface area contributed by atoms with E-state index in [0.717, 1.165) is 23.4 Å². The minimum atomic E-state index is -3.47. The predicted octanol–water partition coefficient (Wildman–Crippen LogP) is 1.92. The number of hydrogen-bond acceptors (Lipinski definition) is 3. The normalized spacial score (nSPS) is 14.7. The van der Waals surface area contributed by atoms with Gasteiger partial charge in [0.05, 0.1) is 6.26 Å². The van der Waals surface area contributed by atoms with E-state index < -0.39 is 16.1 Å². The SMILES string of the molecule is CCC[C@@H](C)NC(=O)[C@@H](c1ccccc1)N(C)S(C)(=O)=O. The summed E-state index contributed by atoms with van der Waals surface area (Å²) in [6.45, 7) is 3.96. The quantitative estimate of drug-likeness (QED) is 0.836. The molecule has 0 unspecified atom stereocenters. The van der Waals surface area contributed by atoms with Crippen LogP contribution >= 0.6 is 0 Å². The average molecular weight is 312 g/mol. The van der Waals surface area contributed by atoms with Gasteiger partial charge in [-0.3, -0.25) is 4.79 Å². The topological polar surface area (TPSA) is 66.5 Å². The maximum atomic E-state index is 12.5. The van der Waals surface area contributed by atoms with Crippen LogP contribution in [0.2, 0.25) is 0 Å². The maximum absolute atomic E-state index is 12.5. The number of carbonyl (C=O) groups is 1. The van der Waals surface area contributed by atoms with E-state index in [9.17, 15) is 13.2 Å². The second kappa shape index (κ2) is 7.56. The lowest BCUT2D eigenvalue weighted by Gasteiger charge is -2.27. The van der Waals surface area contributed by atoms with Crippen LogP contribution in [0, 0.1) is 0 Å². The van der Waals surface area contributed by atoms with Gasteiger partial charge in [-0.1, -0.05) is 43.7 Å². The Bertz CT molecular complexity index is 558. The number of hydrogen-bond donors (Lipinski definition) is 1. The van der Waals surface area contributed by atoms with E-state index in [1.165, 1.54) is 7.05 Å². The minimum absolute atomic E-state index is 0.0154. The van der Waals surface area contributed by atoms with Gasteiger partial charge in [0, 0.05) is 13.1 Å². The number of likely N-dealkylation sites (N-methyl/N-ethyl adjacent to an activating group) is 1. The van der Waals surface area contributed by atoms with Crippen molar-refractivity contribution >= 4 is 15.9 Å². The van der Waals surface area contributed by atoms with Crippen LogP contribution in [0.4, 0.5) is 0 Å². The number of nitrogens with zero attached hydrogens (tertiary/aromatic N) is 1. The van der Waals surface area contributed by atoms with Crippen LogP contribution in [-0.2, 0) is 14.8 Å². The van der Waals surface area contributed by atoms with E-state index in [2.05, 4.69) is 5.32 Å². The third-order valence-electron chi connectivity index (χ3n) is 3.36. The number of nitrogens with one attached hydrogen (secondary N) is 1. The van der Waals surface area contributed by atoms with Crippen molar-refractivity contribution in [2.45, 2.75) is 38.8 Å². The highest BCUT2D eigenvalue weighted by molar-refractivity contribution is 7.88. The number of amides is 1. The molecule has 1 amide bonds. The van der Waals surface area contributed by atoms with Crippen molar-refractivity contribution in [3.05, 3.63) is 35.9 Å². The van der Waals surface area contributed by atoms with E-state index >= 15 is 0 Å². The third kappa shape index (κ3) is 5.13. The summed E-state index contributed by atoms with van der Waals surface area (Å²) in [5.41, 5.74) is 0.659. The zero-order chi connectivity index (χ0) is 16.0. The summed E-state index contributed by atoms with van der Waals surface area (Å²) in [4.78, 5) is 12.5. The minimum Gasteiger partial charge on any atom is -0.352 e. The molecule has 5 nitrogen and oxygen atoms in total. The van der Waals surface area contributed by atoms with Crippen LogP contribution < -0.4 is 5.32 Å². The molecule has 21 heavy (non-hydrogen) atoms. The Hall–Kier alpha value is -1.40. The smallest absolute Gasteiger partial charge is 0.243 e. The molecule has 0 saturated carbocycles. The van der Waals surface area contributed by atoms with Crippen LogP contribution in [0.3, 0.4) is 0 Å². The first kappa shape index (κ1) is 17.7. The summed E-state index contributed by atoms with van der Waals surface area (Å²) < 4.78 is 24.7. The lowest BCUT2D eigenvalue weighted by atomic mass is 10.1. The number of benzene rings is 1. The molecule has 0 heterocycles. The first-order chi connectivity index (χ1) is 9.77. The predicted molar refractivity (Wildman–Crippen MR) is 84.3 cm³/mol. The van der Waals surface area contributed by atoms with Crippen molar-refractivity contribution in [3.63, 3.8) is 0 Å². The molecule has 0 fully saturated rings. The van der Waals surface area contributed by atoms with Crippen molar-refractivity contribution in [3.8, 4) is 0 Å². The maximum Gasteiger partial charge on any atom is 0.243 e. The van der Waals surface area contributed by atoms with Gasteiger partial charge in [-0.05, 0) is 18.9 Å². The third-order valence-corrected chi connectivity index (χ3v) is 4.62. The zero-order valence-corrected chi connectivity index (χ0v) is 13.9. The van der Waals surface area contributed by atoms with Gasteiger partial charge in [-0.15, -0.1) is 0 Å². The molecule has 0 aliphatic carbocycles. The van der Waals surface area contributed by atoms with Gasteiger partial charge in [0.1, 0.15) is 6.04 Å². The van der Waals surface area contributed by atoms with E-state index in [0.29, 0.717) is 5.56 Å². The van der Waals surface area contributed by atoms with Crippen molar-refractivity contribution in [1.29, 1.82) is 0 Å². The largest absolute Gasteiger partial charge is 0.352 e. The van der Waals surface area contributed by atoms with Crippen molar-refractivity contribution in [2.75, 3.05) is 13.3 Å². The lowest BCUT2D eigenvalue weighted by molar-refractivity contribution is -0.125. The fourth-order valence-corrected chi connectivity index (χ4v) is 2.78. The molecule has 1 aromatic carbocycles. The highest BCUT2D eigenvalue weighted by Gasteiger charge is 2.31. The van der Waals surface area contributed by atoms with Crippen LogP contribution in [0.1, 0.15) is 38.3 Å². The fraction of sp³-hybridized carbons (Fsp3) is 0.533. The molecule has 0 bridgehead atoms. The first-order valence-electron chi connectivity index (χ1n) is 7.05. The molecule has 6 heteroatoms. The van der Waals surface area contributed by atoms with Crippen LogP contribution in [-0.4, -0.2) is 38.0 Å². The van der Waals surface area contributed by atoms with E-state index in [1.807, 2.05) is 19.9 Å². The Kier molecular flexibility index (Phi) is 6.36. The number of rotatable bonds is 7. The molecular weight excluding hydrogens is 288 g/mol. The first-order valence-corrected chi connectivity index (χ1v) is 8.90. The summed E-state index contributed by atoms with van der Waals surface area (Å²) in [5.74, 6) is -0.296. The molecular formula is C15H24N2O3S. The van der Waals surface area contributed by atoms with Gasteiger partial charge in [-0.2, -0.15) is 4.31 Å². The monoisotopic (exact) mass is 312 g/mol. The molecule has 118 valence electrons. The Labute approximate surface area is 127 Å². The summed E-state index contributed by atoms with van der Waals surface area (Å²) >= 11 is 0. The van der Waals surface area contributed by atoms with Gasteiger partial charge in [-0.25, -0.2) is 8.42 Å². The molecule has 0 saturated heterocycles. The summed E-state index contributed by atoms with van der Waals surface area (Å²) in [6, 6.07) is 8.11. The van der Waals surface area contributed by atoms with Crippen molar-refractivity contribution in [1.82, 2.24) is 9.62 Å². The molecule has 0 aliphatic rings. The molecule has 1 aromatic rings. The zero-order valence-electron chi connectivity index (χ0n) is 13.0. The molecule has 2 atom stereocenters. The second-order valence-electron chi connectivity index (χ2n) is 5.29. The number of sulfonamides is 1. The van der Waals surface area contributed by atoms with E-state index in [-0.39, 0.29) is 11.9 Å². The Morgan fingerprint density at radius 2 is 1.86 bits per heavy atom. The van der Waals surface area contributed by atoms with Crippen LogP contribution in [0.5, 0.6) is 0 Å².